The number of rotatable bonds is 7. The number of carbonyl (C=O) groups is 2. The second-order valence-electron chi connectivity index (χ2n) is 6.52. The Bertz CT molecular complexity index is 1250. The van der Waals surface area contributed by atoms with Gasteiger partial charge in [-0.1, -0.05) is 12.1 Å². The molecule has 162 valence electrons. The van der Waals surface area contributed by atoms with Crippen molar-refractivity contribution in [3.63, 3.8) is 0 Å². The minimum atomic E-state index is -4.08. The number of halogens is 1. The van der Waals surface area contributed by atoms with Crippen LogP contribution in [0.4, 0.5) is 15.9 Å². The summed E-state index contributed by atoms with van der Waals surface area (Å²) >= 11 is 1.06. The van der Waals surface area contributed by atoms with Crippen molar-refractivity contribution in [2.75, 3.05) is 17.3 Å². The molecule has 0 atom stereocenters. The van der Waals surface area contributed by atoms with Crippen LogP contribution in [0.5, 0.6) is 0 Å². The van der Waals surface area contributed by atoms with Crippen LogP contribution in [0.3, 0.4) is 0 Å². The summed E-state index contributed by atoms with van der Waals surface area (Å²) in [5.74, 6) is -1.43. The van der Waals surface area contributed by atoms with Crippen LogP contribution < -0.4 is 11.1 Å². The van der Waals surface area contributed by atoms with E-state index in [-0.39, 0.29) is 33.0 Å². The van der Waals surface area contributed by atoms with Crippen LogP contribution in [-0.2, 0) is 21.2 Å². The molecule has 0 aliphatic carbocycles. The molecular formula is C20H19FN4O4S2. The molecule has 0 bridgehead atoms. The van der Waals surface area contributed by atoms with E-state index in [0.717, 1.165) is 40.7 Å². The molecule has 3 N–H and O–H groups in total. The van der Waals surface area contributed by atoms with Gasteiger partial charge in [-0.2, -0.15) is 5.10 Å². The molecule has 11 heteroatoms. The Balaban J connectivity index is 1.89. The fourth-order valence-electron chi connectivity index (χ4n) is 2.83. The SMILES string of the molecule is CSc1nn(CC(=O)Nc2cccc(C(C)=O)c2)c(N)c1S(=O)(=O)c1ccc(F)cc1. The Morgan fingerprint density at radius 2 is 1.87 bits per heavy atom. The number of nitrogens with zero attached hydrogens (tertiary/aromatic N) is 2. The Morgan fingerprint density at radius 1 is 1.19 bits per heavy atom. The van der Waals surface area contributed by atoms with Gasteiger partial charge in [-0.15, -0.1) is 11.8 Å². The second-order valence-corrected chi connectivity index (χ2v) is 9.21. The van der Waals surface area contributed by atoms with Gasteiger partial charge in [-0.25, -0.2) is 17.5 Å². The monoisotopic (exact) mass is 462 g/mol. The van der Waals surface area contributed by atoms with Gasteiger partial charge in [0.05, 0.1) is 4.90 Å². The summed E-state index contributed by atoms with van der Waals surface area (Å²) < 4.78 is 40.4. The first-order valence-corrected chi connectivity index (χ1v) is 11.7. The Labute approximate surface area is 182 Å². The lowest BCUT2D eigenvalue weighted by Gasteiger charge is -2.08. The molecule has 0 saturated heterocycles. The molecule has 1 heterocycles. The zero-order valence-corrected chi connectivity index (χ0v) is 18.3. The van der Waals surface area contributed by atoms with Crippen molar-refractivity contribution in [1.82, 2.24) is 9.78 Å². The maximum Gasteiger partial charge on any atom is 0.246 e. The highest BCUT2D eigenvalue weighted by Gasteiger charge is 2.29. The highest BCUT2D eigenvalue weighted by Crippen LogP contribution is 2.34. The molecule has 0 fully saturated rings. The zero-order chi connectivity index (χ0) is 22.8. The molecule has 0 aliphatic rings. The number of ketones is 1. The fourth-order valence-corrected chi connectivity index (χ4v) is 5.26. The molecule has 3 aromatic rings. The standard InChI is InChI=1S/C20H19FN4O4S2/c1-12(26)13-4-3-5-15(10-13)23-17(27)11-25-19(22)18(20(24-25)30-2)31(28,29)16-8-6-14(21)7-9-16/h3-10H,11,22H2,1-2H3,(H,23,27). The summed E-state index contributed by atoms with van der Waals surface area (Å²) in [6, 6.07) is 10.8. The number of thioether (sulfide) groups is 1. The Hall–Kier alpha value is -3.18. The number of carbonyl (C=O) groups excluding carboxylic acids is 2. The highest BCUT2D eigenvalue weighted by molar-refractivity contribution is 7.99. The van der Waals surface area contributed by atoms with E-state index in [1.807, 2.05) is 0 Å². The normalized spacial score (nSPS) is 11.3. The number of nitrogen functional groups attached to an aromatic ring is 1. The van der Waals surface area contributed by atoms with Crippen LogP contribution in [0.25, 0.3) is 0 Å². The molecule has 0 unspecified atom stereocenters. The van der Waals surface area contributed by atoms with Gasteiger partial charge in [0.15, 0.2) is 5.78 Å². The third kappa shape index (κ3) is 4.78. The Kier molecular flexibility index (Phi) is 6.46. The summed E-state index contributed by atoms with van der Waals surface area (Å²) in [7, 11) is -4.08. The third-order valence-corrected chi connectivity index (χ3v) is 6.98. The minimum absolute atomic E-state index is 0.119. The lowest BCUT2D eigenvalue weighted by molar-refractivity contribution is -0.116. The Morgan fingerprint density at radius 3 is 2.48 bits per heavy atom. The molecule has 0 aliphatic heterocycles. The van der Waals surface area contributed by atoms with E-state index in [1.165, 1.54) is 13.0 Å². The van der Waals surface area contributed by atoms with Crippen molar-refractivity contribution < 1.29 is 22.4 Å². The number of nitrogens with one attached hydrogen (secondary N) is 1. The largest absolute Gasteiger partial charge is 0.383 e. The van der Waals surface area contributed by atoms with Crippen molar-refractivity contribution in [3.8, 4) is 0 Å². The lowest BCUT2D eigenvalue weighted by atomic mass is 10.1. The molecule has 0 spiro atoms. The van der Waals surface area contributed by atoms with Gasteiger partial charge < -0.3 is 11.1 Å². The van der Waals surface area contributed by atoms with Crippen LogP contribution in [0, 0.1) is 5.82 Å². The molecule has 1 amide bonds. The van der Waals surface area contributed by atoms with E-state index in [1.54, 1.807) is 24.5 Å². The quantitative estimate of drug-likeness (QED) is 0.314. The van der Waals surface area contributed by atoms with Crippen molar-refractivity contribution in [2.24, 2.45) is 0 Å². The molecule has 2 aromatic carbocycles. The summed E-state index contributed by atoms with van der Waals surface area (Å²) in [5, 5.41) is 6.90. The number of hydrogen-bond donors (Lipinski definition) is 2. The number of anilines is 2. The molecular weight excluding hydrogens is 443 g/mol. The second kappa shape index (κ2) is 8.90. The van der Waals surface area contributed by atoms with Crippen molar-refractivity contribution in [2.45, 2.75) is 28.3 Å². The maximum atomic E-state index is 13.2. The maximum absolute atomic E-state index is 13.2. The third-order valence-electron chi connectivity index (χ3n) is 4.35. The van der Waals surface area contributed by atoms with Crippen LogP contribution in [0.2, 0.25) is 0 Å². The van der Waals surface area contributed by atoms with Crippen LogP contribution in [-0.4, -0.2) is 36.1 Å². The predicted octanol–water partition coefficient (Wildman–Crippen LogP) is 3.00. The number of benzene rings is 2. The molecule has 0 saturated carbocycles. The van der Waals surface area contributed by atoms with Crippen molar-refractivity contribution >= 4 is 44.8 Å². The lowest BCUT2D eigenvalue weighted by Crippen LogP contribution is -2.21. The summed E-state index contributed by atoms with van der Waals surface area (Å²) in [5.41, 5.74) is 6.90. The van der Waals surface area contributed by atoms with Crippen molar-refractivity contribution in [3.05, 3.63) is 59.9 Å². The van der Waals surface area contributed by atoms with Crippen molar-refractivity contribution in [1.29, 1.82) is 0 Å². The molecule has 3 rings (SSSR count). The molecule has 8 nitrogen and oxygen atoms in total. The number of aromatic nitrogens is 2. The van der Waals surface area contributed by atoms with Crippen LogP contribution >= 0.6 is 11.8 Å². The van der Waals surface area contributed by atoms with Gasteiger partial charge >= 0.3 is 0 Å². The number of Topliss-reactive ketones (excluding diaryl/α,β-unsaturated/α-hetero) is 1. The summed E-state index contributed by atoms with van der Waals surface area (Å²) in [6.45, 7) is 1.07. The topological polar surface area (TPSA) is 124 Å². The van der Waals surface area contributed by atoms with Gasteiger partial charge in [0.2, 0.25) is 15.7 Å². The highest BCUT2D eigenvalue weighted by atomic mass is 32.2. The van der Waals surface area contributed by atoms with Gasteiger partial charge in [-0.3, -0.25) is 9.59 Å². The molecule has 31 heavy (non-hydrogen) atoms. The van der Waals surface area contributed by atoms with Gasteiger partial charge in [0, 0.05) is 11.3 Å². The van der Waals surface area contributed by atoms with Gasteiger partial charge in [0.25, 0.3) is 0 Å². The summed E-state index contributed by atoms with van der Waals surface area (Å²) in [6.07, 6.45) is 1.63. The number of sulfone groups is 1. The smallest absolute Gasteiger partial charge is 0.246 e. The molecule has 0 radical (unpaired) electrons. The van der Waals surface area contributed by atoms with Crippen LogP contribution in [0.15, 0.2) is 63.3 Å². The van der Waals surface area contributed by atoms with E-state index in [0.29, 0.717) is 11.3 Å². The van der Waals surface area contributed by atoms with Crippen LogP contribution in [0.1, 0.15) is 17.3 Å². The van der Waals surface area contributed by atoms with E-state index in [2.05, 4.69) is 10.4 Å². The summed E-state index contributed by atoms with van der Waals surface area (Å²) in [4.78, 5) is 23.6. The number of hydrogen-bond acceptors (Lipinski definition) is 7. The number of nitrogens with two attached hydrogens (primary N) is 1. The average molecular weight is 463 g/mol. The molecule has 1 aromatic heterocycles. The minimum Gasteiger partial charge on any atom is -0.383 e. The van der Waals surface area contributed by atoms with E-state index >= 15 is 0 Å². The van der Waals surface area contributed by atoms with E-state index in [4.69, 9.17) is 5.73 Å². The predicted molar refractivity (Wildman–Crippen MR) is 115 cm³/mol. The first-order chi connectivity index (χ1) is 14.6. The zero-order valence-electron chi connectivity index (χ0n) is 16.6. The first-order valence-electron chi connectivity index (χ1n) is 8.95. The van der Waals surface area contributed by atoms with E-state index < -0.39 is 21.6 Å². The first kappa shape index (κ1) is 22.5. The van der Waals surface area contributed by atoms with Gasteiger partial charge in [-0.05, 0) is 49.6 Å². The number of amides is 1. The van der Waals surface area contributed by atoms with Gasteiger partial charge in [0.1, 0.15) is 28.1 Å². The fraction of sp³-hybridized carbons (Fsp3) is 0.150. The van der Waals surface area contributed by atoms with E-state index in [9.17, 15) is 22.4 Å². The average Bonchev–Trinajstić information content (AvgIpc) is 3.04.